The maximum absolute atomic E-state index is 5.59. The Kier molecular flexibility index (Phi) is 4.68. The molecule has 3 rings (SSSR count). The van der Waals surface area contributed by atoms with Crippen LogP contribution >= 0.6 is 0 Å². The number of ether oxygens (including phenoxy) is 1. The van der Waals surface area contributed by atoms with E-state index in [1.807, 2.05) is 0 Å². The van der Waals surface area contributed by atoms with Crippen LogP contribution in [0.1, 0.15) is 52.4 Å². The lowest BCUT2D eigenvalue weighted by atomic mass is 9.89. The molecule has 0 aromatic rings. The van der Waals surface area contributed by atoms with Crippen LogP contribution in [0.4, 0.5) is 0 Å². The van der Waals surface area contributed by atoms with E-state index in [1.165, 1.54) is 58.2 Å². The molecule has 2 aliphatic heterocycles. The molecule has 1 spiro atoms. The highest BCUT2D eigenvalue weighted by Crippen LogP contribution is 2.34. The molecule has 2 atom stereocenters. The van der Waals surface area contributed by atoms with Gasteiger partial charge in [0.2, 0.25) is 0 Å². The van der Waals surface area contributed by atoms with Gasteiger partial charge in [-0.25, -0.2) is 0 Å². The number of hydrogen-bond donors (Lipinski definition) is 1. The summed E-state index contributed by atoms with van der Waals surface area (Å²) in [7, 11) is 0. The lowest BCUT2D eigenvalue weighted by Gasteiger charge is -2.47. The van der Waals surface area contributed by atoms with Crippen LogP contribution < -0.4 is 5.32 Å². The summed E-state index contributed by atoms with van der Waals surface area (Å²) in [6.45, 7) is 10.4. The minimum absolute atomic E-state index is 0.451. The van der Waals surface area contributed by atoms with Gasteiger partial charge >= 0.3 is 0 Å². The van der Waals surface area contributed by atoms with E-state index in [4.69, 9.17) is 4.74 Å². The van der Waals surface area contributed by atoms with Crippen molar-refractivity contribution in [1.82, 2.24) is 10.2 Å². The van der Waals surface area contributed by atoms with Gasteiger partial charge in [-0.3, -0.25) is 4.90 Å². The second-order valence-electron chi connectivity index (χ2n) is 7.81. The molecule has 20 heavy (non-hydrogen) atoms. The van der Waals surface area contributed by atoms with Crippen LogP contribution in [0, 0.1) is 11.8 Å². The van der Waals surface area contributed by atoms with E-state index in [0.29, 0.717) is 5.54 Å². The first-order valence-electron chi connectivity index (χ1n) is 8.74. The molecule has 2 heterocycles. The third-order valence-electron chi connectivity index (χ3n) is 5.56. The summed E-state index contributed by atoms with van der Waals surface area (Å²) in [6, 6.07) is 0.738. The lowest BCUT2D eigenvalue weighted by molar-refractivity contribution is 0.0533. The number of piperazine rings is 1. The van der Waals surface area contributed by atoms with Crippen LogP contribution in [0.2, 0.25) is 0 Å². The summed E-state index contributed by atoms with van der Waals surface area (Å²) < 4.78 is 5.59. The van der Waals surface area contributed by atoms with E-state index in [-0.39, 0.29) is 0 Å². The smallest absolute Gasteiger partial charge is 0.0507 e. The first kappa shape index (κ1) is 14.8. The zero-order valence-electron chi connectivity index (χ0n) is 13.4. The Bertz CT molecular complexity index is 306. The van der Waals surface area contributed by atoms with Crippen LogP contribution in [0.3, 0.4) is 0 Å². The van der Waals surface area contributed by atoms with Crippen LogP contribution in [0.15, 0.2) is 0 Å². The third kappa shape index (κ3) is 3.37. The van der Waals surface area contributed by atoms with Crippen molar-refractivity contribution < 1.29 is 4.74 Å². The van der Waals surface area contributed by atoms with Gasteiger partial charge in [0.15, 0.2) is 0 Å². The first-order valence-corrected chi connectivity index (χ1v) is 8.74. The van der Waals surface area contributed by atoms with Gasteiger partial charge in [-0.15, -0.1) is 0 Å². The topological polar surface area (TPSA) is 24.5 Å². The normalized spacial score (nSPS) is 34.4. The lowest BCUT2D eigenvalue weighted by Crippen LogP contribution is -2.63. The van der Waals surface area contributed by atoms with Crippen molar-refractivity contribution in [3.8, 4) is 0 Å². The number of nitrogens with one attached hydrogen (secondary N) is 1. The predicted octanol–water partition coefficient (Wildman–Crippen LogP) is 2.66. The maximum atomic E-state index is 5.59. The predicted molar refractivity (Wildman–Crippen MR) is 82.9 cm³/mol. The summed E-state index contributed by atoms with van der Waals surface area (Å²) in [6.07, 6.45) is 8.21. The SMILES string of the molecule is CC(C)CC1CNC2(CCCC2)CN1CC1CCOC1. The van der Waals surface area contributed by atoms with Gasteiger partial charge in [-0.05, 0) is 37.5 Å². The molecule has 0 radical (unpaired) electrons. The molecular weight excluding hydrogens is 248 g/mol. The van der Waals surface area contributed by atoms with Crippen molar-refractivity contribution >= 4 is 0 Å². The van der Waals surface area contributed by atoms with Gasteiger partial charge < -0.3 is 10.1 Å². The largest absolute Gasteiger partial charge is 0.381 e. The zero-order chi connectivity index (χ0) is 14.0. The Morgan fingerprint density at radius 1 is 1.30 bits per heavy atom. The molecule has 0 aromatic heterocycles. The van der Waals surface area contributed by atoms with Crippen LogP contribution in [-0.2, 0) is 4.74 Å². The molecule has 2 saturated heterocycles. The Labute approximate surface area is 124 Å². The van der Waals surface area contributed by atoms with Crippen molar-refractivity contribution in [2.45, 2.75) is 64.0 Å². The average Bonchev–Trinajstić information content (AvgIpc) is 3.05. The molecule has 3 nitrogen and oxygen atoms in total. The Morgan fingerprint density at radius 3 is 2.75 bits per heavy atom. The Hall–Kier alpha value is -0.120. The molecule has 1 N–H and O–H groups in total. The number of nitrogens with zero attached hydrogens (tertiary/aromatic N) is 1. The molecule has 0 aromatic carbocycles. The molecule has 0 bridgehead atoms. The first-order chi connectivity index (χ1) is 9.67. The average molecular weight is 280 g/mol. The van der Waals surface area contributed by atoms with Gasteiger partial charge in [0.05, 0.1) is 6.61 Å². The van der Waals surface area contributed by atoms with E-state index in [1.54, 1.807) is 0 Å². The van der Waals surface area contributed by atoms with Crippen molar-refractivity contribution in [2.75, 3.05) is 32.8 Å². The fourth-order valence-electron chi connectivity index (χ4n) is 4.47. The van der Waals surface area contributed by atoms with E-state index >= 15 is 0 Å². The van der Waals surface area contributed by atoms with Crippen molar-refractivity contribution in [1.29, 1.82) is 0 Å². The quantitative estimate of drug-likeness (QED) is 0.857. The third-order valence-corrected chi connectivity index (χ3v) is 5.56. The molecule has 1 aliphatic carbocycles. The summed E-state index contributed by atoms with van der Waals surface area (Å²) in [5.41, 5.74) is 0.451. The molecule has 2 unspecified atom stereocenters. The van der Waals surface area contributed by atoms with E-state index in [0.717, 1.165) is 31.1 Å². The minimum Gasteiger partial charge on any atom is -0.381 e. The Balaban J connectivity index is 1.64. The molecule has 0 amide bonds. The highest BCUT2D eigenvalue weighted by atomic mass is 16.5. The molecule has 3 aliphatic rings. The van der Waals surface area contributed by atoms with Crippen LogP contribution in [0.5, 0.6) is 0 Å². The molecule has 1 saturated carbocycles. The molecule has 116 valence electrons. The van der Waals surface area contributed by atoms with Crippen molar-refractivity contribution in [2.24, 2.45) is 11.8 Å². The van der Waals surface area contributed by atoms with Gasteiger partial charge in [-0.1, -0.05) is 26.7 Å². The number of rotatable bonds is 4. The van der Waals surface area contributed by atoms with Crippen LogP contribution in [-0.4, -0.2) is 49.3 Å². The van der Waals surface area contributed by atoms with Crippen molar-refractivity contribution in [3.05, 3.63) is 0 Å². The zero-order valence-corrected chi connectivity index (χ0v) is 13.4. The fraction of sp³-hybridized carbons (Fsp3) is 1.00. The summed E-state index contributed by atoms with van der Waals surface area (Å²) in [5.74, 6) is 1.57. The fourth-order valence-corrected chi connectivity index (χ4v) is 4.47. The van der Waals surface area contributed by atoms with Gasteiger partial charge in [-0.2, -0.15) is 0 Å². The van der Waals surface area contributed by atoms with Gasteiger partial charge in [0.1, 0.15) is 0 Å². The van der Waals surface area contributed by atoms with E-state index in [2.05, 4.69) is 24.1 Å². The van der Waals surface area contributed by atoms with Gasteiger partial charge in [0.25, 0.3) is 0 Å². The summed E-state index contributed by atoms with van der Waals surface area (Å²) in [4.78, 5) is 2.82. The second kappa shape index (κ2) is 6.33. The van der Waals surface area contributed by atoms with Gasteiger partial charge in [0, 0.05) is 37.8 Å². The second-order valence-corrected chi connectivity index (χ2v) is 7.81. The van der Waals surface area contributed by atoms with Crippen LogP contribution in [0.25, 0.3) is 0 Å². The summed E-state index contributed by atoms with van der Waals surface area (Å²) in [5, 5.41) is 3.93. The van der Waals surface area contributed by atoms with E-state index < -0.39 is 0 Å². The maximum Gasteiger partial charge on any atom is 0.0507 e. The molecule has 3 fully saturated rings. The Morgan fingerprint density at radius 2 is 2.10 bits per heavy atom. The molecular formula is C17H32N2O. The summed E-state index contributed by atoms with van der Waals surface area (Å²) >= 11 is 0. The van der Waals surface area contributed by atoms with E-state index in [9.17, 15) is 0 Å². The van der Waals surface area contributed by atoms with Crippen molar-refractivity contribution in [3.63, 3.8) is 0 Å². The monoisotopic (exact) mass is 280 g/mol. The highest BCUT2D eigenvalue weighted by Gasteiger charge is 2.41. The highest BCUT2D eigenvalue weighted by molar-refractivity contribution is 5.01. The molecule has 3 heteroatoms. The standard InChI is InChI=1S/C17H32N2O/c1-14(2)9-16-10-18-17(6-3-4-7-17)13-19(16)11-15-5-8-20-12-15/h14-16,18H,3-13H2,1-2H3. The minimum atomic E-state index is 0.451. The number of hydrogen-bond acceptors (Lipinski definition) is 3.